The Labute approximate surface area is 149 Å². The van der Waals surface area contributed by atoms with Crippen LogP contribution in [0.4, 0.5) is 11.4 Å². The van der Waals surface area contributed by atoms with E-state index in [9.17, 15) is 9.59 Å². The van der Waals surface area contributed by atoms with Crippen LogP contribution in [0.3, 0.4) is 0 Å². The molecule has 0 unspecified atom stereocenters. The van der Waals surface area contributed by atoms with Crippen molar-refractivity contribution in [2.45, 2.75) is 13.3 Å². The summed E-state index contributed by atoms with van der Waals surface area (Å²) in [6.07, 6.45) is 0.201. The summed E-state index contributed by atoms with van der Waals surface area (Å²) in [4.78, 5) is 25.6. The second-order valence-corrected chi connectivity index (χ2v) is 6.00. The van der Waals surface area contributed by atoms with E-state index in [1.54, 1.807) is 36.3 Å². The highest BCUT2D eigenvalue weighted by Gasteiger charge is 2.14. The molecule has 0 aliphatic rings. The maximum absolute atomic E-state index is 12.1. The van der Waals surface area contributed by atoms with Crippen LogP contribution in [0, 0.1) is 0 Å². The number of ether oxygens (including phenoxy) is 1. The molecule has 0 atom stereocenters. The zero-order valence-electron chi connectivity index (χ0n) is 13.6. The Bertz CT molecular complexity index is 716. The molecule has 2 aromatic carbocycles. The highest BCUT2D eigenvalue weighted by Crippen LogP contribution is 2.22. The highest BCUT2D eigenvalue weighted by atomic mass is 79.9. The zero-order chi connectivity index (χ0) is 17.5. The minimum atomic E-state index is -0.151. The normalized spacial score (nSPS) is 10.1. The minimum Gasteiger partial charge on any atom is -0.497 e. The van der Waals surface area contributed by atoms with E-state index in [0.717, 1.165) is 10.2 Å². The molecule has 0 aromatic heterocycles. The van der Waals surface area contributed by atoms with Crippen LogP contribution in [0.15, 0.2) is 53.0 Å². The molecule has 0 heterocycles. The minimum absolute atomic E-state index is 0.117. The summed E-state index contributed by atoms with van der Waals surface area (Å²) in [5.74, 6) is 0.449. The molecule has 0 saturated carbocycles. The molecule has 24 heavy (non-hydrogen) atoms. The smallest absolute Gasteiger partial charge is 0.226 e. The molecule has 6 heteroatoms. The van der Waals surface area contributed by atoms with Crippen molar-refractivity contribution in [2.24, 2.45) is 0 Å². The number of anilines is 2. The third kappa shape index (κ3) is 4.83. The molecule has 2 rings (SSSR count). The lowest BCUT2D eigenvalue weighted by atomic mass is 10.2. The number of halogens is 1. The van der Waals surface area contributed by atoms with Gasteiger partial charge in [-0.25, -0.2) is 0 Å². The zero-order valence-corrected chi connectivity index (χ0v) is 15.2. The molecule has 0 aliphatic heterocycles. The Kier molecular flexibility index (Phi) is 6.37. The molecule has 126 valence electrons. The van der Waals surface area contributed by atoms with E-state index in [1.165, 1.54) is 6.92 Å². The molecular formula is C18H19BrN2O3. The molecule has 5 nitrogen and oxygen atoms in total. The lowest BCUT2D eigenvalue weighted by molar-refractivity contribution is -0.117. The summed E-state index contributed by atoms with van der Waals surface area (Å²) in [7, 11) is 1.59. The van der Waals surface area contributed by atoms with Gasteiger partial charge in [-0.05, 0) is 52.3 Å². The first kappa shape index (κ1) is 18.0. The van der Waals surface area contributed by atoms with Crippen LogP contribution < -0.4 is 15.0 Å². The van der Waals surface area contributed by atoms with Gasteiger partial charge in [0.25, 0.3) is 0 Å². The van der Waals surface area contributed by atoms with Gasteiger partial charge in [-0.1, -0.05) is 12.1 Å². The predicted octanol–water partition coefficient (Wildman–Crippen LogP) is 3.84. The van der Waals surface area contributed by atoms with Gasteiger partial charge in [0, 0.05) is 30.0 Å². The summed E-state index contributed by atoms with van der Waals surface area (Å²) in [5, 5.41) is 2.83. The first-order valence-electron chi connectivity index (χ1n) is 7.48. The van der Waals surface area contributed by atoms with Gasteiger partial charge < -0.3 is 15.0 Å². The predicted molar refractivity (Wildman–Crippen MR) is 98.4 cm³/mol. The number of amides is 2. The van der Waals surface area contributed by atoms with Gasteiger partial charge in [0.1, 0.15) is 5.75 Å². The van der Waals surface area contributed by atoms with Crippen molar-refractivity contribution in [3.63, 3.8) is 0 Å². The van der Waals surface area contributed by atoms with Crippen LogP contribution in [0.1, 0.15) is 13.3 Å². The van der Waals surface area contributed by atoms with Crippen molar-refractivity contribution in [1.29, 1.82) is 0 Å². The van der Waals surface area contributed by atoms with Crippen LogP contribution in [-0.2, 0) is 9.59 Å². The lowest BCUT2D eigenvalue weighted by Gasteiger charge is -2.21. The van der Waals surface area contributed by atoms with Gasteiger partial charge in [-0.3, -0.25) is 9.59 Å². The maximum Gasteiger partial charge on any atom is 0.226 e. The Morgan fingerprint density at radius 2 is 1.79 bits per heavy atom. The molecule has 0 radical (unpaired) electrons. The van der Waals surface area contributed by atoms with Gasteiger partial charge in [-0.2, -0.15) is 0 Å². The van der Waals surface area contributed by atoms with Crippen molar-refractivity contribution in [2.75, 3.05) is 23.9 Å². The first-order chi connectivity index (χ1) is 11.5. The number of nitrogens with one attached hydrogen (secondary N) is 1. The van der Waals surface area contributed by atoms with Crippen LogP contribution >= 0.6 is 15.9 Å². The number of para-hydroxylation sites is 1. The lowest BCUT2D eigenvalue weighted by Crippen LogP contribution is -2.31. The van der Waals surface area contributed by atoms with Gasteiger partial charge in [0.15, 0.2) is 0 Å². The van der Waals surface area contributed by atoms with E-state index in [1.807, 2.05) is 24.3 Å². The Morgan fingerprint density at radius 1 is 1.12 bits per heavy atom. The van der Waals surface area contributed by atoms with Crippen molar-refractivity contribution >= 4 is 39.1 Å². The van der Waals surface area contributed by atoms with Gasteiger partial charge >= 0.3 is 0 Å². The summed E-state index contributed by atoms with van der Waals surface area (Å²) < 4.78 is 5.93. The number of benzene rings is 2. The van der Waals surface area contributed by atoms with Crippen molar-refractivity contribution < 1.29 is 14.3 Å². The summed E-state index contributed by atoms with van der Waals surface area (Å²) in [6, 6.07) is 14.6. The molecule has 0 fully saturated rings. The number of methoxy groups -OCH3 is 1. The van der Waals surface area contributed by atoms with Crippen LogP contribution in [0.5, 0.6) is 5.75 Å². The molecule has 2 aromatic rings. The highest BCUT2D eigenvalue weighted by molar-refractivity contribution is 9.10. The quantitative estimate of drug-likeness (QED) is 0.814. The third-order valence-electron chi connectivity index (χ3n) is 3.47. The molecule has 2 amide bonds. The van der Waals surface area contributed by atoms with Gasteiger partial charge in [-0.15, -0.1) is 0 Å². The van der Waals surface area contributed by atoms with Gasteiger partial charge in [0.05, 0.1) is 12.8 Å². The first-order valence-corrected chi connectivity index (χ1v) is 8.27. The van der Waals surface area contributed by atoms with Crippen molar-refractivity contribution in [3.05, 3.63) is 53.0 Å². The van der Waals surface area contributed by atoms with Gasteiger partial charge in [0.2, 0.25) is 11.8 Å². The SMILES string of the molecule is COc1ccc(N(CCC(=O)Nc2ccccc2Br)C(C)=O)cc1. The molecule has 0 bridgehead atoms. The van der Waals surface area contributed by atoms with E-state index in [2.05, 4.69) is 21.2 Å². The van der Waals surface area contributed by atoms with E-state index in [0.29, 0.717) is 18.0 Å². The monoisotopic (exact) mass is 390 g/mol. The van der Waals surface area contributed by atoms with Crippen LogP contribution in [0.2, 0.25) is 0 Å². The fourth-order valence-electron chi connectivity index (χ4n) is 2.22. The Hall–Kier alpha value is -2.34. The summed E-state index contributed by atoms with van der Waals surface area (Å²) in [5.41, 5.74) is 1.44. The molecule has 1 N–H and O–H groups in total. The average Bonchev–Trinajstić information content (AvgIpc) is 2.57. The fraction of sp³-hybridized carbons (Fsp3) is 0.222. The largest absolute Gasteiger partial charge is 0.497 e. The molecule has 0 aliphatic carbocycles. The van der Waals surface area contributed by atoms with E-state index in [4.69, 9.17) is 4.74 Å². The Balaban J connectivity index is 1.99. The Morgan fingerprint density at radius 3 is 2.38 bits per heavy atom. The van der Waals surface area contributed by atoms with Crippen LogP contribution in [0.25, 0.3) is 0 Å². The number of carbonyl (C=O) groups is 2. The van der Waals surface area contributed by atoms with E-state index in [-0.39, 0.29) is 18.2 Å². The number of rotatable bonds is 6. The summed E-state index contributed by atoms with van der Waals surface area (Å²) >= 11 is 3.39. The topological polar surface area (TPSA) is 58.6 Å². The van der Waals surface area contributed by atoms with Crippen molar-refractivity contribution in [3.8, 4) is 5.75 Å². The average molecular weight is 391 g/mol. The van der Waals surface area contributed by atoms with E-state index >= 15 is 0 Å². The maximum atomic E-state index is 12.1. The van der Waals surface area contributed by atoms with Crippen molar-refractivity contribution in [1.82, 2.24) is 0 Å². The van der Waals surface area contributed by atoms with E-state index < -0.39 is 0 Å². The summed E-state index contributed by atoms with van der Waals surface area (Å²) in [6.45, 7) is 1.79. The molecule has 0 spiro atoms. The standard InChI is InChI=1S/C18H19BrN2O3/c1-13(22)21(14-7-9-15(24-2)10-8-14)12-11-18(23)20-17-6-4-3-5-16(17)19/h3-10H,11-12H2,1-2H3,(H,20,23). The second-order valence-electron chi connectivity index (χ2n) is 5.15. The molecule has 0 saturated heterocycles. The fourth-order valence-corrected chi connectivity index (χ4v) is 2.60. The number of hydrogen-bond donors (Lipinski definition) is 1. The number of hydrogen-bond acceptors (Lipinski definition) is 3. The number of carbonyl (C=O) groups excluding carboxylic acids is 2. The third-order valence-corrected chi connectivity index (χ3v) is 4.17. The van der Waals surface area contributed by atoms with Crippen LogP contribution in [-0.4, -0.2) is 25.5 Å². The number of nitrogens with zero attached hydrogens (tertiary/aromatic N) is 1. The second kappa shape index (κ2) is 8.49. The molecular weight excluding hydrogens is 372 g/mol.